The van der Waals surface area contributed by atoms with Gasteiger partial charge >= 0.3 is 12.7 Å². The molecule has 0 radical (unpaired) electrons. The average molecular weight is 518 g/mol. The third-order valence-electron chi connectivity index (χ3n) is 5.02. The van der Waals surface area contributed by atoms with Crippen molar-refractivity contribution in [1.29, 1.82) is 0 Å². The molecular formula is C23H20F2N4O6S. The summed E-state index contributed by atoms with van der Waals surface area (Å²) in [7, 11) is -3.81. The molecule has 188 valence electrons. The molecule has 5 N–H and O–H groups in total. The number of ether oxygens (including phenoxy) is 1. The third-order valence-corrected chi connectivity index (χ3v) is 6.92. The minimum atomic E-state index is -3.81. The van der Waals surface area contributed by atoms with Crippen LogP contribution in [-0.2, 0) is 11.3 Å². The molecule has 0 bridgehead atoms. The van der Waals surface area contributed by atoms with Gasteiger partial charge in [0.2, 0.25) is 0 Å². The number of benzene rings is 2. The quantitative estimate of drug-likeness (QED) is 0.272. The van der Waals surface area contributed by atoms with Crippen LogP contribution in [0.5, 0.6) is 5.75 Å². The molecular weight excluding hydrogens is 498 g/mol. The zero-order valence-corrected chi connectivity index (χ0v) is 19.2. The van der Waals surface area contributed by atoms with Crippen LogP contribution in [0.15, 0.2) is 78.6 Å². The second kappa shape index (κ2) is 10.2. The molecule has 36 heavy (non-hydrogen) atoms. The second-order valence-electron chi connectivity index (χ2n) is 7.44. The van der Waals surface area contributed by atoms with Gasteiger partial charge in [0, 0.05) is 17.4 Å². The molecule has 3 aromatic rings. The van der Waals surface area contributed by atoms with Gasteiger partial charge in [0.05, 0.1) is 6.54 Å². The summed E-state index contributed by atoms with van der Waals surface area (Å²) < 4.78 is 52.5. The van der Waals surface area contributed by atoms with Gasteiger partial charge in [-0.05, 0) is 35.9 Å². The number of alkyl halides is 2. The average Bonchev–Trinajstić information content (AvgIpc) is 3.01. The lowest BCUT2D eigenvalue weighted by atomic mass is 10.1. The van der Waals surface area contributed by atoms with Gasteiger partial charge in [-0.1, -0.05) is 47.2 Å². The van der Waals surface area contributed by atoms with Crippen molar-refractivity contribution in [3.63, 3.8) is 0 Å². The summed E-state index contributed by atoms with van der Waals surface area (Å²) in [5, 5.41) is 13.8. The van der Waals surface area contributed by atoms with Gasteiger partial charge < -0.3 is 15.2 Å². The highest BCUT2D eigenvalue weighted by molar-refractivity contribution is 8.31. The Labute approximate surface area is 205 Å². The van der Waals surface area contributed by atoms with Crippen LogP contribution in [0.2, 0.25) is 0 Å². The third kappa shape index (κ3) is 5.38. The standard InChI is InChI=1S/C23H20F2N4O6S/c24-22(25)35-17-9-7-16(8-10-17)27-19-20(15-4-2-1-3-5-15)36(33,34)29(21(19)30)13-14-6-11-18(26-12-14)28-23(31)32/h1-12,22,27,33-34H,13H2,(H,26,28)(H,31,32). The first-order chi connectivity index (χ1) is 17.1. The Morgan fingerprint density at radius 3 is 2.33 bits per heavy atom. The molecule has 0 saturated carbocycles. The predicted octanol–water partition coefficient (Wildman–Crippen LogP) is 5.26. The summed E-state index contributed by atoms with van der Waals surface area (Å²) in [5.74, 6) is -0.727. The Kier molecular flexibility index (Phi) is 7.05. The molecule has 0 spiro atoms. The van der Waals surface area contributed by atoms with Crippen molar-refractivity contribution in [2.45, 2.75) is 13.2 Å². The maximum absolute atomic E-state index is 13.4. The van der Waals surface area contributed by atoms with E-state index < -0.39 is 29.4 Å². The number of hydrogen-bond donors (Lipinski definition) is 5. The summed E-state index contributed by atoms with van der Waals surface area (Å²) in [4.78, 5) is 28.1. The van der Waals surface area contributed by atoms with Gasteiger partial charge in [-0.3, -0.25) is 19.2 Å². The molecule has 1 aliphatic heterocycles. The largest absolute Gasteiger partial charge is 0.465 e. The van der Waals surface area contributed by atoms with Gasteiger partial charge in [0.15, 0.2) is 0 Å². The maximum atomic E-state index is 13.4. The lowest BCUT2D eigenvalue weighted by Crippen LogP contribution is -2.29. The number of carbonyl (C=O) groups is 2. The van der Waals surface area contributed by atoms with E-state index in [1.54, 1.807) is 30.3 Å². The van der Waals surface area contributed by atoms with E-state index in [0.29, 0.717) is 16.8 Å². The molecule has 0 saturated heterocycles. The van der Waals surface area contributed by atoms with Crippen molar-refractivity contribution < 1.29 is 37.3 Å². The minimum absolute atomic E-state index is 0.0295. The Hall–Kier alpha value is -4.20. The van der Waals surface area contributed by atoms with Crippen molar-refractivity contribution in [1.82, 2.24) is 9.29 Å². The Morgan fingerprint density at radius 1 is 1.06 bits per heavy atom. The number of amides is 2. The van der Waals surface area contributed by atoms with Crippen LogP contribution in [-0.4, -0.2) is 42.1 Å². The summed E-state index contributed by atoms with van der Waals surface area (Å²) >= 11 is 0. The minimum Gasteiger partial charge on any atom is -0.465 e. The molecule has 0 atom stereocenters. The highest BCUT2D eigenvalue weighted by Gasteiger charge is 2.44. The Bertz CT molecular complexity index is 1290. The zero-order chi connectivity index (χ0) is 25.9. The molecule has 4 rings (SSSR count). The fourth-order valence-electron chi connectivity index (χ4n) is 3.48. The van der Waals surface area contributed by atoms with Crippen molar-refractivity contribution in [2.24, 2.45) is 0 Å². The molecule has 0 fully saturated rings. The van der Waals surface area contributed by atoms with Gasteiger partial charge in [0.1, 0.15) is 22.2 Å². The first kappa shape index (κ1) is 24.9. The number of rotatable bonds is 8. The Balaban J connectivity index is 1.65. The van der Waals surface area contributed by atoms with Crippen molar-refractivity contribution in [2.75, 3.05) is 10.6 Å². The van der Waals surface area contributed by atoms with Crippen LogP contribution in [0.4, 0.5) is 25.1 Å². The van der Waals surface area contributed by atoms with Crippen molar-refractivity contribution in [3.05, 3.63) is 89.8 Å². The van der Waals surface area contributed by atoms with Crippen molar-refractivity contribution >= 4 is 39.2 Å². The van der Waals surface area contributed by atoms with Crippen LogP contribution in [0.3, 0.4) is 0 Å². The SMILES string of the molecule is O=C(O)Nc1ccc(CN2C(=O)C(Nc3ccc(OC(F)F)cc3)=C(c3ccccc3)S2(O)O)cn1. The number of nitrogens with zero attached hydrogens (tertiary/aromatic N) is 2. The number of hydrogen-bond acceptors (Lipinski definition) is 7. The van der Waals surface area contributed by atoms with E-state index >= 15 is 0 Å². The van der Waals surface area contributed by atoms with Gasteiger partial charge in [0.25, 0.3) is 5.91 Å². The molecule has 2 aromatic carbocycles. The summed E-state index contributed by atoms with van der Waals surface area (Å²) in [6.07, 6.45) is 0.0176. The maximum Gasteiger partial charge on any atom is 0.410 e. The number of aromatic nitrogens is 1. The molecule has 2 amide bonds. The molecule has 0 unspecified atom stereocenters. The normalized spacial score (nSPS) is 15.7. The zero-order valence-electron chi connectivity index (χ0n) is 18.3. The fourth-order valence-corrected chi connectivity index (χ4v) is 5.22. The summed E-state index contributed by atoms with van der Waals surface area (Å²) in [5.41, 5.74) is 1.05. The first-order valence-electron chi connectivity index (χ1n) is 10.3. The van der Waals surface area contributed by atoms with Gasteiger partial charge in [-0.25, -0.2) is 14.1 Å². The van der Waals surface area contributed by atoms with Gasteiger partial charge in [-0.15, -0.1) is 0 Å². The highest BCUT2D eigenvalue weighted by Crippen LogP contribution is 2.62. The highest BCUT2D eigenvalue weighted by atomic mass is 32.3. The van der Waals surface area contributed by atoms with Crippen LogP contribution in [0.1, 0.15) is 11.1 Å². The van der Waals surface area contributed by atoms with Crippen LogP contribution in [0, 0.1) is 0 Å². The van der Waals surface area contributed by atoms with Gasteiger partial charge in [-0.2, -0.15) is 8.78 Å². The van der Waals surface area contributed by atoms with E-state index in [1.165, 1.54) is 42.6 Å². The molecule has 10 nitrogen and oxygen atoms in total. The second-order valence-corrected chi connectivity index (χ2v) is 9.33. The number of nitrogens with one attached hydrogen (secondary N) is 2. The number of carboxylic acid groups (broad SMARTS) is 1. The topological polar surface area (TPSA) is 144 Å². The number of pyridine rings is 1. The molecule has 1 aromatic heterocycles. The van der Waals surface area contributed by atoms with E-state index in [0.717, 1.165) is 4.31 Å². The number of carbonyl (C=O) groups excluding carboxylic acids is 1. The first-order valence-corrected chi connectivity index (χ1v) is 11.8. The molecule has 13 heteroatoms. The Morgan fingerprint density at radius 2 is 1.75 bits per heavy atom. The summed E-state index contributed by atoms with van der Waals surface area (Å²) in [6.45, 7) is -3.22. The molecule has 2 heterocycles. The van der Waals surface area contributed by atoms with E-state index in [4.69, 9.17) is 5.11 Å². The smallest absolute Gasteiger partial charge is 0.410 e. The number of anilines is 2. The summed E-state index contributed by atoms with van der Waals surface area (Å²) in [6, 6.07) is 16.6. The monoisotopic (exact) mass is 518 g/mol. The molecule has 0 aliphatic carbocycles. The van der Waals surface area contributed by atoms with E-state index in [9.17, 15) is 27.5 Å². The van der Waals surface area contributed by atoms with E-state index in [1.807, 2.05) is 0 Å². The van der Waals surface area contributed by atoms with Crippen LogP contribution in [0.25, 0.3) is 4.91 Å². The van der Waals surface area contributed by atoms with Crippen LogP contribution >= 0.6 is 10.8 Å². The van der Waals surface area contributed by atoms with E-state index in [2.05, 4.69) is 20.4 Å². The number of halogens is 2. The lowest BCUT2D eigenvalue weighted by molar-refractivity contribution is -0.122. The van der Waals surface area contributed by atoms with E-state index in [-0.39, 0.29) is 28.7 Å². The fraction of sp³-hybridized carbons (Fsp3) is 0.0870. The van der Waals surface area contributed by atoms with Crippen molar-refractivity contribution in [3.8, 4) is 5.75 Å². The molecule has 1 aliphatic rings. The van der Waals surface area contributed by atoms with Crippen LogP contribution < -0.4 is 15.4 Å². The predicted molar refractivity (Wildman–Crippen MR) is 129 cm³/mol. The lowest BCUT2D eigenvalue weighted by Gasteiger charge is -2.38.